The van der Waals surface area contributed by atoms with Gasteiger partial charge in [0.05, 0.1) is 10.7 Å². The number of aryl methyl sites for hydroxylation is 2. The average molecular weight is 302 g/mol. The summed E-state index contributed by atoms with van der Waals surface area (Å²) in [6, 6.07) is 4.28. The molecule has 0 aliphatic carbocycles. The lowest BCUT2D eigenvalue weighted by Crippen LogP contribution is -2.20. The number of hydrogen-bond acceptors (Lipinski definition) is 5. The molecule has 0 bridgehead atoms. The molecule has 1 saturated heterocycles. The van der Waals surface area contributed by atoms with E-state index in [0.29, 0.717) is 5.92 Å². The standard InChI is InChI=1S/C16H22N4S/c1-11-6-14(17-3)7-16(18-11)13-4-5-20(8-13)9-15-10-21-12(2)19-15/h6-7,10,13H,4-5,8-9H2,1-3H3,(H,17,18). The first-order valence-corrected chi connectivity index (χ1v) is 8.31. The molecule has 3 rings (SSSR count). The first-order valence-electron chi connectivity index (χ1n) is 7.44. The van der Waals surface area contributed by atoms with Crippen molar-refractivity contribution >= 4 is 17.0 Å². The van der Waals surface area contributed by atoms with Crippen LogP contribution in [0.5, 0.6) is 0 Å². The van der Waals surface area contributed by atoms with Crippen molar-refractivity contribution in [3.8, 4) is 0 Å². The van der Waals surface area contributed by atoms with E-state index in [1.807, 2.05) is 7.05 Å². The topological polar surface area (TPSA) is 41.1 Å². The third kappa shape index (κ3) is 3.41. The Hall–Kier alpha value is -1.46. The van der Waals surface area contributed by atoms with E-state index in [1.165, 1.54) is 17.8 Å². The van der Waals surface area contributed by atoms with Crippen LogP contribution in [0.2, 0.25) is 0 Å². The summed E-state index contributed by atoms with van der Waals surface area (Å²) in [6.07, 6.45) is 1.18. The molecular weight excluding hydrogens is 280 g/mol. The van der Waals surface area contributed by atoms with Crippen molar-refractivity contribution in [1.29, 1.82) is 0 Å². The van der Waals surface area contributed by atoms with E-state index < -0.39 is 0 Å². The summed E-state index contributed by atoms with van der Waals surface area (Å²) in [7, 11) is 1.96. The lowest BCUT2D eigenvalue weighted by molar-refractivity contribution is 0.323. The Bertz CT molecular complexity index is 622. The summed E-state index contributed by atoms with van der Waals surface area (Å²) in [6.45, 7) is 7.31. The summed E-state index contributed by atoms with van der Waals surface area (Å²) >= 11 is 1.73. The maximum Gasteiger partial charge on any atom is 0.0897 e. The van der Waals surface area contributed by atoms with Gasteiger partial charge in [0, 0.05) is 48.5 Å². The van der Waals surface area contributed by atoms with Gasteiger partial charge in [-0.2, -0.15) is 0 Å². The van der Waals surface area contributed by atoms with Gasteiger partial charge in [0.2, 0.25) is 0 Å². The van der Waals surface area contributed by atoms with Gasteiger partial charge in [0.1, 0.15) is 0 Å². The molecule has 0 spiro atoms. The molecule has 0 aromatic carbocycles. The highest BCUT2D eigenvalue weighted by Crippen LogP contribution is 2.28. The fourth-order valence-corrected chi connectivity index (χ4v) is 3.58. The molecular formula is C16H22N4S. The first-order chi connectivity index (χ1) is 10.1. The molecule has 1 unspecified atom stereocenters. The summed E-state index contributed by atoms with van der Waals surface area (Å²) in [5.41, 5.74) is 4.67. The quantitative estimate of drug-likeness (QED) is 0.942. The molecule has 3 heterocycles. The van der Waals surface area contributed by atoms with E-state index >= 15 is 0 Å². The van der Waals surface area contributed by atoms with Crippen molar-refractivity contribution < 1.29 is 0 Å². The van der Waals surface area contributed by atoms with Crippen LogP contribution in [0.1, 0.15) is 34.4 Å². The van der Waals surface area contributed by atoms with Crippen LogP contribution in [0.15, 0.2) is 17.5 Å². The van der Waals surface area contributed by atoms with Crippen molar-refractivity contribution in [3.05, 3.63) is 39.6 Å². The van der Waals surface area contributed by atoms with E-state index in [1.54, 1.807) is 11.3 Å². The van der Waals surface area contributed by atoms with Gasteiger partial charge < -0.3 is 5.32 Å². The number of aromatic nitrogens is 2. The zero-order valence-corrected chi connectivity index (χ0v) is 13.7. The Labute approximate surface area is 130 Å². The fraction of sp³-hybridized carbons (Fsp3) is 0.500. The van der Waals surface area contributed by atoms with Gasteiger partial charge in [-0.05, 0) is 38.9 Å². The number of likely N-dealkylation sites (tertiary alicyclic amines) is 1. The van der Waals surface area contributed by atoms with Crippen LogP contribution in [0.25, 0.3) is 0 Å². The minimum Gasteiger partial charge on any atom is -0.388 e. The predicted octanol–water partition coefficient (Wildman–Crippen LogP) is 3.19. The van der Waals surface area contributed by atoms with Gasteiger partial charge in [-0.3, -0.25) is 9.88 Å². The molecule has 21 heavy (non-hydrogen) atoms. The van der Waals surface area contributed by atoms with Crippen molar-refractivity contribution in [3.63, 3.8) is 0 Å². The third-order valence-electron chi connectivity index (χ3n) is 4.00. The monoisotopic (exact) mass is 302 g/mol. The van der Waals surface area contributed by atoms with Crippen molar-refractivity contribution in [1.82, 2.24) is 14.9 Å². The molecule has 1 fully saturated rings. The second-order valence-electron chi connectivity index (χ2n) is 5.75. The second-order valence-corrected chi connectivity index (χ2v) is 6.81. The highest BCUT2D eigenvalue weighted by molar-refractivity contribution is 7.09. The molecule has 4 nitrogen and oxygen atoms in total. The molecule has 112 valence electrons. The van der Waals surface area contributed by atoms with Crippen LogP contribution in [0, 0.1) is 13.8 Å². The SMILES string of the molecule is CNc1cc(C)nc(C2CCN(Cc3csc(C)n3)C2)c1. The van der Waals surface area contributed by atoms with Gasteiger partial charge in [-0.1, -0.05) is 0 Å². The Balaban J connectivity index is 1.67. The van der Waals surface area contributed by atoms with Gasteiger partial charge >= 0.3 is 0 Å². The largest absolute Gasteiger partial charge is 0.388 e. The zero-order valence-electron chi connectivity index (χ0n) is 12.9. The lowest BCUT2D eigenvalue weighted by Gasteiger charge is -2.15. The van der Waals surface area contributed by atoms with Crippen LogP contribution < -0.4 is 5.32 Å². The van der Waals surface area contributed by atoms with Crippen molar-refractivity contribution in [2.75, 3.05) is 25.5 Å². The van der Waals surface area contributed by atoms with Crippen LogP contribution in [0.4, 0.5) is 5.69 Å². The van der Waals surface area contributed by atoms with Crippen LogP contribution in [0.3, 0.4) is 0 Å². The number of rotatable bonds is 4. The summed E-state index contributed by atoms with van der Waals surface area (Å²) < 4.78 is 0. The molecule has 0 amide bonds. The lowest BCUT2D eigenvalue weighted by atomic mass is 10.0. The van der Waals surface area contributed by atoms with Crippen LogP contribution in [-0.2, 0) is 6.54 Å². The number of nitrogens with one attached hydrogen (secondary N) is 1. The summed E-state index contributed by atoms with van der Waals surface area (Å²) in [5.74, 6) is 0.539. The average Bonchev–Trinajstić information content (AvgIpc) is 3.08. The molecule has 0 radical (unpaired) electrons. The zero-order chi connectivity index (χ0) is 14.8. The first kappa shape index (κ1) is 14.5. The van der Waals surface area contributed by atoms with E-state index in [0.717, 1.165) is 36.0 Å². The van der Waals surface area contributed by atoms with Crippen molar-refractivity contribution in [2.45, 2.75) is 32.7 Å². The Morgan fingerprint density at radius 1 is 1.33 bits per heavy atom. The smallest absolute Gasteiger partial charge is 0.0897 e. The van der Waals surface area contributed by atoms with E-state index in [2.05, 4.69) is 46.6 Å². The number of anilines is 1. The Morgan fingerprint density at radius 3 is 2.90 bits per heavy atom. The van der Waals surface area contributed by atoms with E-state index in [-0.39, 0.29) is 0 Å². The Morgan fingerprint density at radius 2 is 2.19 bits per heavy atom. The molecule has 2 aromatic heterocycles. The van der Waals surface area contributed by atoms with Crippen LogP contribution >= 0.6 is 11.3 Å². The van der Waals surface area contributed by atoms with E-state index in [9.17, 15) is 0 Å². The van der Waals surface area contributed by atoms with Gasteiger partial charge in [-0.15, -0.1) is 11.3 Å². The molecule has 1 aliphatic heterocycles. The van der Waals surface area contributed by atoms with Crippen LogP contribution in [-0.4, -0.2) is 35.0 Å². The highest BCUT2D eigenvalue weighted by Gasteiger charge is 2.25. The minimum absolute atomic E-state index is 0.539. The number of thiazole rings is 1. The Kier molecular flexibility index (Phi) is 4.22. The van der Waals surface area contributed by atoms with Gasteiger partial charge in [-0.25, -0.2) is 4.98 Å². The maximum atomic E-state index is 4.73. The molecule has 1 atom stereocenters. The number of nitrogens with zero attached hydrogens (tertiary/aromatic N) is 3. The van der Waals surface area contributed by atoms with E-state index in [4.69, 9.17) is 4.98 Å². The fourth-order valence-electron chi connectivity index (χ4n) is 2.98. The number of hydrogen-bond donors (Lipinski definition) is 1. The summed E-state index contributed by atoms with van der Waals surface area (Å²) in [5, 5.41) is 6.55. The second kappa shape index (κ2) is 6.12. The normalized spacial score (nSPS) is 19.1. The van der Waals surface area contributed by atoms with Crippen molar-refractivity contribution in [2.24, 2.45) is 0 Å². The minimum atomic E-state index is 0.539. The summed E-state index contributed by atoms with van der Waals surface area (Å²) in [4.78, 5) is 11.8. The molecule has 1 N–H and O–H groups in total. The third-order valence-corrected chi connectivity index (χ3v) is 4.83. The molecule has 5 heteroatoms. The van der Waals surface area contributed by atoms with Gasteiger partial charge in [0.15, 0.2) is 0 Å². The predicted molar refractivity (Wildman–Crippen MR) is 88.0 cm³/mol. The number of pyridine rings is 1. The molecule has 1 aliphatic rings. The molecule has 2 aromatic rings. The van der Waals surface area contributed by atoms with Gasteiger partial charge in [0.25, 0.3) is 0 Å². The highest BCUT2D eigenvalue weighted by atomic mass is 32.1. The maximum absolute atomic E-state index is 4.73. The molecule has 0 saturated carbocycles.